The Morgan fingerprint density at radius 1 is 1.33 bits per heavy atom. The van der Waals surface area contributed by atoms with Gasteiger partial charge in [-0.05, 0) is 13.0 Å². The summed E-state index contributed by atoms with van der Waals surface area (Å²) < 4.78 is 0. The van der Waals surface area contributed by atoms with Crippen molar-refractivity contribution in [1.29, 1.82) is 5.26 Å². The average molecular weight is 197 g/mol. The molecule has 15 heavy (non-hydrogen) atoms. The van der Waals surface area contributed by atoms with E-state index in [4.69, 9.17) is 5.26 Å². The van der Waals surface area contributed by atoms with Crippen molar-refractivity contribution in [3.63, 3.8) is 0 Å². The fourth-order valence-electron chi connectivity index (χ4n) is 1.10. The molecular weight excluding hydrogens is 186 g/mol. The first-order valence-corrected chi connectivity index (χ1v) is 4.62. The molecule has 2 nitrogen and oxygen atoms in total. The summed E-state index contributed by atoms with van der Waals surface area (Å²) in [6.45, 7) is 1.83. The topological polar surface area (TPSA) is 40.9 Å². The molecule has 0 N–H and O–H groups in total. The van der Waals surface area contributed by atoms with E-state index in [9.17, 15) is 4.79 Å². The first-order valence-electron chi connectivity index (χ1n) is 4.62. The van der Waals surface area contributed by atoms with E-state index in [0.717, 1.165) is 0 Å². The second-order valence-electron chi connectivity index (χ2n) is 2.91. The van der Waals surface area contributed by atoms with Crippen LogP contribution in [0.4, 0.5) is 0 Å². The number of hydrogen-bond acceptors (Lipinski definition) is 2. The molecule has 1 aromatic carbocycles. The molecule has 0 aliphatic heterocycles. The van der Waals surface area contributed by atoms with Gasteiger partial charge in [-0.3, -0.25) is 4.79 Å². The summed E-state index contributed by atoms with van der Waals surface area (Å²) in [5.41, 5.74) is 0.689. The Balaban J connectivity index is 2.99. The molecule has 0 heterocycles. The van der Waals surface area contributed by atoms with Gasteiger partial charge in [-0.1, -0.05) is 42.5 Å². The number of carbonyl (C=O) groups is 1. The Morgan fingerprint density at radius 2 is 2.00 bits per heavy atom. The molecule has 1 rings (SSSR count). The third kappa shape index (κ3) is 2.92. The number of benzene rings is 1. The molecule has 74 valence electrons. The predicted molar refractivity (Wildman–Crippen MR) is 59.3 cm³/mol. The smallest absolute Gasteiger partial charge is 0.203 e. The highest BCUT2D eigenvalue weighted by Gasteiger charge is 2.09. The van der Waals surface area contributed by atoms with E-state index in [1.807, 2.05) is 19.1 Å². The van der Waals surface area contributed by atoms with Crippen LogP contribution >= 0.6 is 0 Å². The molecule has 0 unspecified atom stereocenters. The van der Waals surface area contributed by atoms with Gasteiger partial charge < -0.3 is 0 Å². The quantitative estimate of drug-likeness (QED) is 0.323. The lowest BCUT2D eigenvalue weighted by Crippen LogP contribution is -2.00. The Morgan fingerprint density at radius 3 is 2.53 bits per heavy atom. The fourth-order valence-corrected chi connectivity index (χ4v) is 1.10. The molecule has 1 aromatic rings. The average Bonchev–Trinajstić information content (AvgIpc) is 2.31. The lowest BCUT2D eigenvalue weighted by Gasteiger charge is -1.96. The van der Waals surface area contributed by atoms with Crippen LogP contribution in [0.15, 0.2) is 54.1 Å². The zero-order valence-corrected chi connectivity index (χ0v) is 8.47. The van der Waals surface area contributed by atoms with Crippen LogP contribution < -0.4 is 0 Å². The number of carbonyl (C=O) groups excluding carboxylic acids is 1. The van der Waals surface area contributed by atoms with Gasteiger partial charge in [0, 0.05) is 5.56 Å². The third-order valence-electron chi connectivity index (χ3n) is 1.86. The standard InChI is InChI=1S/C13H11NO/c1-2-3-7-12(10-14)13(15)11-8-5-4-6-9-11/h2-9H,1H3/b3-2+,12-7+. The van der Waals surface area contributed by atoms with Crippen LogP contribution in [0.2, 0.25) is 0 Å². The van der Waals surface area contributed by atoms with Gasteiger partial charge in [0.25, 0.3) is 0 Å². The molecule has 0 spiro atoms. The van der Waals surface area contributed by atoms with E-state index in [1.54, 1.807) is 36.4 Å². The van der Waals surface area contributed by atoms with Gasteiger partial charge in [-0.25, -0.2) is 0 Å². The van der Waals surface area contributed by atoms with Crippen molar-refractivity contribution in [2.24, 2.45) is 0 Å². The summed E-state index contributed by atoms with van der Waals surface area (Å²) in [6.07, 6.45) is 4.98. The number of nitrogens with zero attached hydrogens (tertiary/aromatic N) is 1. The molecule has 0 aliphatic carbocycles. The molecule has 0 saturated carbocycles. The lowest BCUT2D eigenvalue weighted by atomic mass is 10.0. The van der Waals surface area contributed by atoms with Crippen molar-refractivity contribution in [3.8, 4) is 6.07 Å². The molecule has 0 atom stereocenters. The normalized spacial score (nSPS) is 11.3. The minimum Gasteiger partial charge on any atom is -0.288 e. The van der Waals surface area contributed by atoms with Crippen LogP contribution in [0.5, 0.6) is 0 Å². The maximum absolute atomic E-state index is 11.8. The number of Topliss-reactive ketones (excluding diaryl/α,β-unsaturated/α-hetero) is 1. The van der Waals surface area contributed by atoms with Crippen LogP contribution in [0.1, 0.15) is 17.3 Å². The van der Waals surface area contributed by atoms with Crippen molar-refractivity contribution >= 4 is 5.78 Å². The highest BCUT2D eigenvalue weighted by molar-refractivity contribution is 6.11. The van der Waals surface area contributed by atoms with Crippen molar-refractivity contribution in [2.45, 2.75) is 6.92 Å². The van der Waals surface area contributed by atoms with Crippen LogP contribution in [0.25, 0.3) is 0 Å². The molecule has 0 fully saturated rings. The Labute approximate surface area is 89.2 Å². The van der Waals surface area contributed by atoms with Crippen LogP contribution in [-0.2, 0) is 0 Å². The Kier molecular flexibility index (Phi) is 4.05. The van der Waals surface area contributed by atoms with Crippen molar-refractivity contribution in [2.75, 3.05) is 0 Å². The van der Waals surface area contributed by atoms with Gasteiger partial charge in [0.15, 0.2) is 0 Å². The van der Waals surface area contributed by atoms with Gasteiger partial charge >= 0.3 is 0 Å². The minimum absolute atomic E-state index is 0.152. The van der Waals surface area contributed by atoms with Gasteiger partial charge in [-0.15, -0.1) is 0 Å². The summed E-state index contributed by atoms with van der Waals surface area (Å²) in [6, 6.07) is 10.7. The lowest BCUT2D eigenvalue weighted by molar-refractivity contribution is 0.103. The first-order chi connectivity index (χ1) is 7.29. The van der Waals surface area contributed by atoms with Gasteiger partial charge in [-0.2, -0.15) is 5.26 Å². The maximum Gasteiger partial charge on any atom is 0.203 e. The SMILES string of the molecule is C/C=C/C=C(\C#N)C(=O)c1ccccc1. The van der Waals surface area contributed by atoms with E-state index >= 15 is 0 Å². The highest BCUT2D eigenvalue weighted by Crippen LogP contribution is 2.07. The molecule has 0 radical (unpaired) electrons. The summed E-state index contributed by atoms with van der Waals surface area (Å²) in [7, 11) is 0. The number of nitriles is 1. The number of hydrogen-bond donors (Lipinski definition) is 0. The maximum atomic E-state index is 11.8. The third-order valence-corrected chi connectivity index (χ3v) is 1.86. The molecule has 2 heteroatoms. The van der Waals surface area contributed by atoms with Gasteiger partial charge in [0.1, 0.15) is 6.07 Å². The minimum atomic E-state index is -0.240. The molecule has 0 bridgehead atoms. The highest BCUT2D eigenvalue weighted by atomic mass is 16.1. The van der Waals surface area contributed by atoms with Crippen molar-refractivity contribution in [1.82, 2.24) is 0 Å². The molecule has 0 amide bonds. The zero-order valence-electron chi connectivity index (χ0n) is 8.47. The second kappa shape index (κ2) is 5.56. The van der Waals surface area contributed by atoms with Crippen molar-refractivity contribution < 1.29 is 4.79 Å². The number of ketones is 1. The van der Waals surface area contributed by atoms with E-state index in [2.05, 4.69) is 0 Å². The molecule has 0 aliphatic rings. The first kappa shape index (κ1) is 10.9. The van der Waals surface area contributed by atoms with Gasteiger partial charge in [0.05, 0.1) is 5.57 Å². The van der Waals surface area contributed by atoms with E-state index in [0.29, 0.717) is 5.56 Å². The predicted octanol–water partition coefficient (Wildman–Crippen LogP) is 2.90. The monoisotopic (exact) mass is 197 g/mol. The summed E-state index contributed by atoms with van der Waals surface area (Å²) in [4.78, 5) is 11.8. The van der Waals surface area contributed by atoms with Crippen molar-refractivity contribution in [3.05, 3.63) is 59.7 Å². The number of rotatable bonds is 3. The second-order valence-corrected chi connectivity index (χ2v) is 2.91. The van der Waals surface area contributed by atoms with E-state index < -0.39 is 0 Å². The van der Waals surface area contributed by atoms with E-state index in [1.165, 1.54) is 6.08 Å². The van der Waals surface area contributed by atoms with E-state index in [-0.39, 0.29) is 11.4 Å². The molecule has 0 aromatic heterocycles. The van der Waals surface area contributed by atoms with Crippen LogP contribution in [0, 0.1) is 11.3 Å². The Hall–Kier alpha value is -2.14. The largest absolute Gasteiger partial charge is 0.288 e. The Bertz CT molecular complexity index is 435. The zero-order chi connectivity index (χ0) is 11.1. The fraction of sp³-hybridized carbons (Fsp3) is 0.0769. The van der Waals surface area contributed by atoms with Crippen LogP contribution in [0.3, 0.4) is 0 Å². The number of allylic oxidation sites excluding steroid dienone is 4. The summed E-state index contributed by atoms with van der Waals surface area (Å²) >= 11 is 0. The molecular formula is C13H11NO. The summed E-state index contributed by atoms with van der Waals surface area (Å²) in [5, 5.41) is 8.81. The van der Waals surface area contributed by atoms with Gasteiger partial charge in [0.2, 0.25) is 5.78 Å². The molecule has 0 saturated heterocycles. The summed E-state index contributed by atoms with van der Waals surface area (Å²) in [5.74, 6) is -0.240. The van der Waals surface area contributed by atoms with Crippen LogP contribution in [-0.4, -0.2) is 5.78 Å².